The predicted octanol–water partition coefficient (Wildman–Crippen LogP) is -2.65. The molecule has 0 aliphatic carbocycles. The number of carbonyl (C=O) groups excluding carboxylic acids is 7. The van der Waals surface area contributed by atoms with Crippen LogP contribution in [0.4, 0.5) is 0 Å². The third-order valence-electron chi connectivity index (χ3n) is 7.67. The molecule has 20 heteroatoms. The van der Waals surface area contributed by atoms with Crippen molar-refractivity contribution in [2.45, 2.75) is 82.2 Å². The van der Waals surface area contributed by atoms with E-state index in [1.54, 1.807) is 26.0 Å². The van der Waals surface area contributed by atoms with E-state index in [-0.39, 0.29) is 36.5 Å². The number of benzene rings is 1. The van der Waals surface area contributed by atoms with Crippen LogP contribution in [0.2, 0.25) is 0 Å². The van der Waals surface area contributed by atoms with Gasteiger partial charge in [-0.25, -0.2) is 4.79 Å². The zero-order chi connectivity index (χ0) is 37.5. The third-order valence-corrected chi connectivity index (χ3v) is 10.1. The fourth-order valence-corrected chi connectivity index (χ4v) is 6.85. The van der Waals surface area contributed by atoms with Gasteiger partial charge in [-0.15, -0.1) is 0 Å². The predicted molar refractivity (Wildman–Crippen MR) is 184 cm³/mol. The standard InChI is InChI=1S/C30H44N8O10S2/c1-3-14(2)24-29(46)34-18(8-9-22(32)40)26(43)36-20(11-23(33)41)27(44)37-21(30(47)48)13-50-49-12-17(31)25(42)35-19(28(45)38-24)10-15-4-6-16(39)7-5-15/h4-7,14,17-21,24,39H,3,8-13,31H2,1-2H3,(H2,32,40)(H2,33,41)(H,34,46)(H,35,42)(H,36,43)(H,37,44)(H,38,45)(H,47,48)/t14-,17-,18-,19+,20-,21-,24-/m0/s1. The molecule has 1 aromatic carbocycles. The van der Waals surface area contributed by atoms with Gasteiger partial charge >= 0.3 is 5.97 Å². The molecule has 13 N–H and O–H groups in total. The molecule has 1 saturated heterocycles. The van der Waals surface area contributed by atoms with Crippen LogP contribution < -0.4 is 43.8 Å². The van der Waals surface area contributed by atoms with Crippen LogP contribution in [-0.4, -0.2) is 105 Å². The molecule has 0 saturated carbocycles. The van der Waals surface area contributed by atoms with Crippen molar-refractivity contribution in [3.05, 3.63) is 29.8 Å². The van der Waals surface area contributed by atoms with E-state index in [2.05, 4.69) is 26.6 Å². The summed E-state index contributed by atoms with van der Waals surface area (Å²) in [6.45, 7) is 3.41. The number of amides is 7. The Kier molecular flexibility index (Phi) is 16.8. The molecule has 1 fully saturated rings. The van der Waals surface area contributed by atoms with Gasteiger partial charge in [0.05, 0.1) is 12.5 Å². The first-order valence-electron chi connectivity index (χ1n) is 15.6. The quantitative estimate of drug-likeness (QED) is 0.110. The molecule has 1 aromatic rings. The van der Waals surface area contributed by atoms with E-state index in [1.165, 1.54) is 12.1 Å². The number of nitrogens with two attached hydrogens (primary N) is 3. The highest BCUT2D eigenvalue weighted by molar-refractivity contribution is 8.76. The fourth-order valence-electron chi connectivity index (χ4n) is 4.57. The topological polar surface area (TPSA) is 315 Å². The maximum Gasteiger partial charge on any atom is 0.327 e. The van der Waals surface area contributed by atoms with Gasteiger partial charge in [-0.3, -0.25) is 33.6 Å². The van der Waals surface area contributed by atoms with Crippen LogP contribution >= 0.6 is 21.6 Å². The van der Waals surface area contributed by atoms with Gasteiger partial charge in [0.15, 0.2) is 0 Å². The van der Waals surface area contributed by atoms with E-state index >= 15 is 0 Å². The highest BCUT2D eigenvalue weighted by Crippen LogP contribution is 2.23. The Morgan fingerprint density at radius 3 is 1.94 bits per heavy atom. The third kappa shape index (κ3) is 13.7. The van der Waals surface area contributed by atoms with Crippen molar-refractivity contribution in [1.29, 1.82) is 0 Å². The summed E-state index contributed by atoms with van der Waals surface area (Å²) in [7, 11) is 2.00. The Morgan fingerprint density at radius 2 is 1.36 bits per heavy atom. The Bertz CT molecular complexity index is 1420. The number of primary amides is 2. The molecule has 7 atom stereocenters. The SMILES string of the molecule is CC[C@H](C)[C@@H]1NC(=O)[C@@H](Cc2ccc(O)cc2)NC(=O)[C@@H](N)CSSC[C@@H](C(=O)O)NC(=O)[C@H](CC(N)=O)NC(=O)[C@H](CCC(N)=O)NC1=O. The summed E-state index contributed by atoms with van der Waals surface area (Å²) >= 11 is 0. The summed E-state index contributed by atoms with van der Waals surface area (Å²) in [5.74, 6) is -8.51. The molecule has 1 aliphatic rings. The Balaban J connectivity index is 2.55. The number of aromatic hydroxyl groups is 1. The van der Waals surface area contributed by atoms with Gasteiger partial charge in [0.1, 0.15) is 36.0 Å². The van der Waals surface area contributed by atoms with Crippen LogP contribution in [0.15, 0.2) is 24.3 Å². The van der Waals surface area contributed by atoms with Crippen molar-refractivity contribution < 1.29 is 48.6 Å². The van der Waals surface area contributed by atoms with E-state index in [9.17, 15) is 48.6 Å². The second-order valence-corrected chi connectivity index (χ2v) is 14.2. The van der Waals surface area contributed by atoms with Crippen LogP contribution in [0.3, 0.4) is 0 Å². The second kappa shape index (κ2) is 20.2. The highest BCUT2D eigenvalue weighted by atomic mass is 33.1. The van der Waals surface area contributed by atoms with Gasteiger partial charge in [-0.05, 0) is 30.0 Å². The number of hydrogen-bond donors (Lipinski definition) is 10. The van der Waals surface area contributed by atoms with Crippen LogP contribution in [0.5, 0.6) is 5.75 Å². The van der Waals surface area contributed by atoms with Gasteiger partial charge in [0, 0.05) is 24.3 Å². The number of carboxylic acid groups (broad SMARTS) is 1. The molecule has 0 radical (unpaired) electrons. The summed E-state index contributed by atoms with van der Waals surface area (Å²) in [6.07, 6.45) is -1.16. The highest BCUT2D eigenvalue weighted by Gasteiger charge is 2.35. The molecule has 1 heterocycles. The lowest BCUT2D eigenvalue weighted by molar-refractivity contribution is -0.141. The van der Waals surface area contributed by atoms with Crippen molar-refractivity contribution in [1.82, 2.24) is 26.6 Å². The van der Waals surface area contributed by atoms with Gasteiger partial charge in [0.2, 0.25) is 41.4 Å². The van der Waals surface area contributed by atoms with Crippen molar-refractivity contribution in [2.24, 2.45) is 23.1 Å². The molecule has 7 amide bonds. The van der Waals surface area contributed by atoms with Crippen molar-refractivity contribution in [3.63, 3.8) is 0 Å². The number of carboxylic acids is 1. The number of hydrogen-bond acceptors (Lipinski definition) is 12. The molecule has 2 rings (SSSR count). The number of nitrogens with one attached hydrogen (secondary N) is 5. The molecule has 0 unspecified atom stereocenters. The van der Waals surface area contributed by atoms with Crippen LogP contribution in [0.25, 0.3) is 0 Å². The van der Waals surface area contributed by atoms with Crippen LogP contribution in [0.1, 0.15) is 45.1 Å². The molecular formula is C30H44N8O10S2. The Hall–Kier alpha value is -4.56. The minimum absolute atomic E-state index is 0.0240. The fraction of sp³-hybridized carbons (Fsp3) is 0.533. The number of phenols is 1. The van der Waals surface area contributed by atoms with Crippen molar-refractivity contribution in [3.8, 4) is 5.75 Å². The zero-order valence-electron chi connectivity index (χ0n) is 27.5. The average molecular weight is 741 g/mol. The first kappa shape index (κ1) is 41.6. The molecule has 276 valence electrons. The number of rotatable bonds is 10. The largest absolute Gasteiger partial charge is 0.508 e. The first-order chi connectivity index (χ1) is 23.5. The summed E-state index contributed by atoms with van der Waals surface area (Å²) in [4.78, 5) is 103. The number of aliphatic carboxylic acids is 1. The van der Waals surface area contributed by atoms with E-state index in [1.807, 2.05) is 0 Å². The number of carbonyl (C=O) groups is 8. The maximum atomic E-state index is 13.7. The van der Waals surface area contributed by atoms with Gasteiger partial charge in [-0.2, -0.15) is 0 Å². The Morgan fingerprint density at radius 1 is 0.800 bits per heavy atom. The van der Waals surface area contributed by atoms with E-state index in [4.69, 9.17) is 17.2 Å². The molecule has 1 aliphatic heterocycles. The molecule has 50 heavy (non-hydrogen) atoms. The minimum Gasteiger partial charge on any atom is -0.508 e. The van der Waals surface area contributed by atoms with E-state index in [0.717, 1.165) is 21.6 Å². The summed E-state index contributed by atoms with van der Waals surface area (Å²) in [5, 5.41) is 31.7. The lowest BCUT2D eigenvalue weighted by Crippen LogP contribution is -2.61. The second-order valence-electron chi connectivity index (χ2n) is 11.7. The summed E-state index contributed by atoms with van der Waals surface area (Å²) in [6, 6.07) is -2.50. The normalized spacial score (nSPS) is 25.5. The van der Waals surface area contributed by atoms with Crippen molar-refractivity contribution in [2.75, 3.05) is 11.5 Å². The minimum atomic E-state index is -1.67. The Labute approximate surface area is 295 Å². The van der Waals surface area contributed by atoms with Gasteiger partial charge in [-0.1, -0.05) is 54.0 Å². The van der Waals surface area contributed by atoms with Crippen LogP contribution in [0, 0.1) is 5.92 Å². The number of phenolic OH excluding ortho intramolecular Hbond substituents is 1. The lowest BCUT2D eigenvalue weighted by Gasteiger charge is -2.29. The molecule has 0 bridgehead atoms. The molecule has 0 aromatic heterocycles. The monoisotopic (exact) mass is 740 g/mol. The average Bonchev–Trinajstić information content (AvgIpc) is 3.05. The van der Waals surface area contributed by atoms with Crippen LogP contribution in [-0.2, 0) is 44.8 Å². The van der Waals surface area contributed by atoms with E-state index in [0.29, 0.717) is 12.0 Å². The van der Waals surface area contributed by atoms with Gasteiger partial charge in [0.25, 0.3) is 0 Å². The zero-order valence-corrected chi connectivity index (χ0v) is 29.1. The summed E-state index contributed by atoms with van der Waals surface area (Å²) < 4.78 is 0. The molecule has 0 spiro atoms. The first-order valence-corrected chi connectivity index (χ1v) is 18.1. The smallest absolute Gasteiger partial charge is 0.327 e. The summed E-state index contributed by atoms with van der Waals surface area (Å²) in [5.41, 5.74) is 17.2. The molecular weight excluding hydrogens is 697 g/mol. The van der Waals surface area contributed by atoms with E-state index < -0.39 is 95.9 Å². The maximum absolute atomic E-state index is 13.7. The van der Waals surface area contributed by atoms with Gasteiger partial charge < -0.3 is 54.0 Å². The molecule has 18 nitrogen and oxygen atoms in total. The lowest BCUT2D eigenvalue weighted by atomic mass is 9.96. The van der Waals surface area contributed by atoms with Crippen molar-refractivity contribution >= 4 is 68.9 Å².